The molecule has 1 saturated carbocycles. The molecule has 0 saturated heterocycles. The topological polar surface area (TPSA) is 21.1 Å². The van der Waals surface area contributed by atoms with Crippen LogP contribution in [0.1, 0.15) is 31.0 Å². The largest absolute Gasteiger partial charge is 0.356 e. The predicted molar refractivity (Wildman–Crippen MR) is 88.5 cm³/mol. The standard InChI is InChI=1S/C17H22ClN3/c1-3-20(12-14-9-10-14)17-16(11-18)13(2)19-21(17)15-7-5-4-6-8-15/h4-8,14H,3,9-12H2,1-2H3. The van der Waals surface area contributed by atoms with Gasteiger partial charge in [0.05, 0.1) is 17.3 Å². The van der Waals surface area contributed by atoms with E-state index in [2.05, 4.69) is 28.6 Å². The van der Waals surface area contributed by atoms with Crippen LogP contribution in [0.4, 0.5) is 5.82 Å². The first-order chi connectivity index (χ1) is 10.2. The van der Waals surface area contributed by atoms with Crippen molar-refractivity contribution in [2.24, 2.45) is 5.92 Å². The van der Waals surface area contributed by atoms with Crippen LogP contribution in [0, 0.1) is 12.8 Å². The maximum absolute atomic E-state index is 6.21. The monoisotopic (exact) mass is 303 g/mol. The molecule has 0 amide bonds. The van der Waals surface area contributed by atoms with Gasteiger partial charge in [-0.05, 0) is 44.7 Å². The summed E-state index contributed by atoms with van der Waals surface area (Å²) in [5.41, 5.74) is 3.28. The van der Waals surface area contributed by atoms with E-state index in [9.17, 15) is 0 Å². The zero-order chi connectivity index (χ0) is 14.8. The van der Waals surface area contributed by atoms with Crippen molar-refractivity contribution in [1.82, 2.24) is 9.78 Å². The molecule has 0 bridgehead atoms. The fraction of sp³-hybridized carbons (Fsp3) is 0.471. The third-order valence-electron chi connectivity index (χ3n) is 4.15. The molecule has 0 N–H and O–H groups in total. The molecule has 3 rings (SSSR count). The number of hydrogen-bond acceptors (Lipinski definition) is 2. The van der Waals surface area contributed by atoms with Crippen molar-refractivity contribution < 1.29 is 0 Å². The second-order valence-corrected chi connectivity index (χ2v) is 6.02. The van der Waals surface area contributed by atoms with Gasteiger partial charge < -0.3 is 4.90 Å². The van der Waals surface area contributed by atoms with Crippen molar-refractivity contribution in [3.8, 4) is 5.69 Å². The van der Waals surface area contributed by atoms with E-state index in [4.69, 9.17) is 16.7 Å². The maximum atomic E-state index is 6.21. The van der Waals surface area contributed by atoms with Crippen molar-refractivity contribution in [3.63, 3.8) is 0 Å². The van der Waals surface area contributed by atoms with Gasteiger partial charge >= 0.3 is 0 Å². The summed E-state index contributed by atoms with van der Waals surface area (Å²) in [6.07, 6.45) is 2.70. The first-order valence-corrected chi connectivity index (χ1v) is 8.22. The van der Waals surface area contributed by atoms with Crippen LogP contribution >= 0.6 is 11.6 Å². The lowest BCUT2D eigenvalue weighted by Crippen LogP contribution is -2.28. The van der Waals surface area contributed by atoms with Crippen LogP contribution in [-0.2, 0) is 5.88 Å². The van der Waals surface area contributed by atoms with Gasteiger partial charge in [-0.25, -0.2) is 4.68 Å². The summed E-state index contributed by atoms with van der Waals surface area (Å²) in [4.78, 5) is 2.43. The van der Waals surface area contributed by atoms with E-state index in [1.807, 2.05) is 25.1 Å². The summed E-state index contributed by atoms with van der Waals surface area (Å²) >= 11 is 6.21. The van der Waals surface area contributed by atoms with Crippen LogP contribution in [-0.4, -0.2) is 22.9 Å². The lowest BCUT2D eigenvalue weighted by atomic mass is 10.2. The highest BCUT2D eigenvalue weighted by Crippen LogP contribution is 2.34. The zero-order valence-electron chi connectivity index (χ0n) is 12.7. The molecule has 0 radical (unpaired) electrons. The Kier molecular flexibility index (Phi) is 4.20. The van der Waals surface area contributed by atoms with Crippen LogP contribution in [0.3, 0.4) is 0 Å². The summed E-state index contributed by atoms with van der Waals surface area (Å²) in [6, 6.07) is 10.3. The van der Waals surface area contributed by atoms with E-state index in [0.717, 1.165) is 36.0 Å². The molecule has 0 atom stereocenters. The number of alkyl halides is 1. The van der Waals surface area contributed by atoms with E-state index in [1.165, 1.54) is 18.7 Å². The molecule has 3 nitrogen and oxygen atoms in total. The maximum Gasteiger partial charge on any atom is 0.137 e. The molecule has 1 aromatic carbocycles. The van der Waals surface area contributed by atoms with Crippen LogP contribution in [0.25, 0.3) is 5.69 Å². The van der Waals surface area contributed by atoms with Crippen LogP contribution < -0.4 is 4.90 Å². The van der Waals surface area contributed by atoms with E-state index >= 15 is 0 Å². The van der Waals surface area contributed by atoms with Crippen molar-refractivity contribution >= 4 is 17.4 Å². The number of anilines is 1. The molecule has 0 aliphatic heterocycles. The third-order valence-corrected chi connectivity index (χ3v) is 4.42. The molecule has 2 aromatic rings. The third kappa shape index (κ3) is 2.93. The van der Waals surface area contributed by atoms with Gasteiger partial charge in [-0.3, -0.25) is 0 Å². The normalized spacial score (nSPS) is 14.4. The van der Waals surface area contributed by atoms with Crippen LogP contribution in [0.15, 0.2) is 30.3 Å². The number of para-hydroxylation sites is 1. The lowest BCUT2D eigenvalue weighted by Gasteiger charge is -2.25. The Hall–Kier alpha value is -1.48. The second kappa shape index (κ2) is 6.10. The average Bonchev–Trinajstić information content (AvgIpc) is 3.27. The second-order valence-electron chi connectivity index (χ2n) is 5.75. The summed E-state index contributed by atoms with van der Waals surface area (Å²) in [5.74, 6) is 2.52. The molecular weight excluding hydrogens is 282 g/mol. The molecule has 1 aliphatic rings. The Morgan fingerprint density at radius 2 is 2.00 bits per heavy atom. The Morgan fingerprint density at radius 3 is 2.57 bits per heavy atom. The number of aryl methyl sites for hydroxylation is 1. The van der Waals surface area contributed by atoms with Crippen LogP contribution in [0.2, 0.25) is 0 Å². The number of rotatable bonds is 6. The molecule has 1 aliphatic carbocycles. The predicted octanol–water partition coefficient (Wildman–Crippen LogP) is 4.16. The van der Waals surface area contributed by atoms with E-state index < -0.39 is 0 Å². The fourth-order valence-corrected chi connectivity index (χ4v) is 3.07. The molecule has 21 heavy (non-hydrogen) atoms. The number of nitrogens with zero attached hydrogens (tertiary/aromatic N) is 3. The smallest absolute Gasteiger partial charge is 0.137 e. The molecule has 4 heteroatoms. The van der Waals surface area contributed by atoms with Crippen molar-refractivity contribution in [3.05, 3.63) is 41.6 Å². The van der Waals surface area contributed by atoms with Crippen molar-refractivity contribution in [2.75, 3.05) is 18.0 Å². The Labute approximate surface area is 131 Å². The summed E-state index contributed by atoms with van der Waals surface area (Å²) in [7, 11) is 0. The van der Waals surface area contributed by atoms with Gasteiger partial charge in [0.15, 0.2) is 0 Å². The summed E-state index contributed by atoms with van der Waals surface area (Å²) in [5, 5.41) is 4.74. The molecular formula is C17H22ClN3. The minimum absolute atomic E-state index is 0.509. The fourth-order valence-electron chi connectivity index (χ4n) is 2.76. The van der Waals surface area contributed by atoms with E-state index in [-0.39, 0.29) is 0 Å². The van der Waals surface area contributed by atoms with Gasteiger partial charge in [-0.15, -0.1) is 11.6 Å². The molecule has 1 heterocycles. The van der Waals surface area contributed by atoms with E-state index in [0.29, 0.717) is 5.88 Å². The minimum Gasteiger partial charge on any atom is -0.356 e. The Bertz CT molecular complexity index is 602. The van der Waals surface area contributed by atoms with Gasteiger partial charge in [0.2, 0.25) is 0 Å². The molecule has 112 valence electrons. The van der Waals surface area contributed by atoms with Crippen LogP contribution in [0.5, 0.6) is 0 Å². The SMILES string of the molecule is CCN(CC1CC1)c1c(CCl)c(C)nn1-c1ccccc1. The highest BCUT2D eigenvalue weighted by molar-refractivity contribution is 6.17. The highest BCUT2D eigenvalue weighted by atomic mass is 35.5. The van der Waals surface area contributed by atoms with Crippen molar-refractivity contribution in [2.45, 2.75) is 32.6 Å². The first kappa shape index (κ1) is 14.5. The minimum atomic E-state index is 0.509. The zero-order valence-corrected chi connectivity index (χ0v) is 13.5. The Balaban J connectivity index is 2.06. The van der Waals surface area contributed by atoms with Crippen molar-refractivity contribution in [1.29, 1.82) is 0 Å². The quantitative estimate of drug-likeness (QED) is 0.747. The van der Waals surface area contributed by atoms with Gasteiger partial charge in [-0.1, -0.05) is 18.2 Å². The lowest BCUT2D eigenvalue weighted by molar-refractivity contribution is 0.707. The van der Waals surface area contributed by atoms with Gasteiger partial charge in [-0.2, -0.15) is 5.10 Å². The summed E-state index contributed by atoms with van der Waals surface area (Å²) < 4.78 is 2.05. The number of hydrogen-bond donors (Lipinski definition) is 0. The molecule has 1 fully saturated rings. The Morgan fingerprint density at radius 1 is 1.29 bits per heavy atom. The van der Waals surface area contributed by atoms with E-state index in [1.54, 1.807) is 0 Å². The molecule has 1 aromatic heterocycles. The molecule has 0 spiro atoms. The highest BCUT2D eigenvalue weighted by Gasteiger charge is 2.27. The number of aromatic nitrogens is 2. The van der Waals surface area contributed by atoms with Gasteiger partial charge in [0, 0.05) is 18.7 Å². The first-order valence-electron chi connectivity index (χ1n) is 7.69. The van der Waals surface area contributed by atoms with Gasteiger partial charge in [0.1, 0.15) is 5.82 Å². The number of halogens is 1. The average molecular weight is 304 g/mol. The molecule has 0 unspecified atom stereocenters. The number of benzene rings is 1. The summed E-state index contributed by atoms with van der Waals surface area (Å²) in [6.45, 7) is 6.35. The van der Waals surface area contributed by atoms with Gasteiger partial charge in [0.25, 0.3) is 0 Å².